The number of halogens is 4. The van der Waals surface area contributed by atoms with Crippen LogP contribution in [0.3, 0.4) is 0 Å². The zero-order valence-corrected chi connectivity index (χ0v) is 18.7. The molecule has 1 fully saturated rings. The number of hydrogen-bond acceptors (Lipinski definition) is 4. The number of fused-ring (bicyclic) bond motifs is 1. The molecule has 3 aromatic rings. The minimum absolute atomic E-state index is 0.0374. The second-order valence-electron chi connectivity index (χ2n) is 9.20. The first-order valence-electron chi connectivity index (χ1n) is 10.9. The van der Waals surface area contributed by atoms with Crippen molar-refractivity contribution in [2.45, 2.75) is 63.1 Å². The summed E-state index contributed by atoms with van der Waals surface area (Å²) in [6.07, 6.45) is -4.53. The summed E-state index contributed by atoms with van der Waals surface area (Å²) in [5.41, 5.74) is -1.12. The van der Waals surface area contributed by atoms with E-state index in [-0.39, 0.29) is 35.5 Å². The highest BCUT2D eigenvalue weighted by atomic mass is 19.4. The number of nitrogens with one attached hydrogen (secondary N) is 2. The van der Waals surface area contributed by atoms with Gasteiger partial charge in [0.25, 0.3) is 0 Å². The van der Waals surface area contributed by atoms with Gasteiger partial charge in [0.1, 0.15) is 17.4 Å². The first kappa shape index (κ1) is 24.0. The molecule has 10 heteroatoms. The number of phenols is 1. The van der Waals surface area contributed by atoms with E-state index in [1.165, 1.54) is 13.0 Å². The summed E-state index contributed by atoms with van der Waals surface area (Å²) in [5, 5.41) is 23.1. The number of carbonyl (C=O) groups is 1. The van der Waals surface area contributed by atoms with Gasteiger partial charge in [0.05, 0.1) is 29.5 Å². The van der Waals surface area contributed by atoms with Crippen molar-refractivity contribution in [1.29, 1.82) is 0 Å². The Morgan fingerprint density at radius 1 is 1.24 bits per heavy atom. The molecule has 4 N–H and O–H groups in total. The van der Waals surface area contributed by atoms with Crippen LogP contribution in [0.1, 0.15) is 56.5 Å². The average Bonchev–Trinajstić information content (AvgIpc) is 3.36. The minimum Gasteiger partial charge on any atom is -0.508 e. The Bertz CT molecular complexity index is 1250. The Morgan fingerprint density at radius 3 is 2.56 bits per heavy atom. The third-order valence-electron chi connectivity index (χ3n) is 6.45. The Labute approximate surface area is 193 Å². The van der Waals surface area contributed by atoms with E-state index in [9.17, 15) is 32.6 Å². The molecule has 0 spiro atoms. The maximum Gasteiger partial charge on any atom is 0.390 e. The predicted molar refractivity (Wildman–Crippen MR) is 118 cm³/mol. The summed E-state index contributed by atoms with van der Waals surface area (Å²) in [6.45, 7) is 3.15. The summed E-state index contributed by atoms with van der Waals surface area (Å²) in [4.78, 5) is 19.8. The van der Waals surface area contributed by atoms with Crippen LogP contribution >= 0.6 is 0 Å². The smallest absolute Gasteiger partial charge is 0.390 e. The van der Waals surface area contributed by atoms with Crippen LogP contribution in [0.5, 0.6) is 5.75 Å². The molecule has 34 heavy (non-hydrogen) atoms. The number of imidazole rings is 1. The fraction of sp³-hybridized carbons (Fsp3) is 0.417. The number of hydrogen-bond donors (Lipinski definition) is 4. The van der Waals surface area contributed by atoms with Gasteiger partial charge in [-0.15, -0.1) is 0 Å². The second-order valence-corrected chi connectivity index (χ2v) is 9.20. The number of phenolic OH excluding ortho intramolecular Hbond substituents is 1. The quantitative estimate of drug-likeness (QED) is 0.351. The number of aromatic amines is 1. The maximum atomic E-state index is 14.5. The highest BCUT2D eigenvalue weighted by Crippen LogP contribution is 2.53. The first-order valence-corrected chi connectivity index (χ1v) is 10.9. The molecular weight excluding hydrogens is 454 g/mol. The third kappa shape index (κ3) is 4.86. The Morgan fingerprint density at radius 2 is 1.94 bits per heavy atom. The fourth-order valence-corrected chi connectivity index (χ4v) is 4.11. The summed E-state index contributed by atoms with van der Waals surface area (Å²) in [6, 6.07) is 6.85. The van der Waals surface area contributed by atoms with Crippen molar-refractivity contribution in [3.05, 3.63) is 53.1 Å². The molecule has 1 unspecified atom stereocenters. The summed E-state index contributed by atoms with van der Waals surface area (Å²) < 4.78 is 53.3. The molecule has 0 saturated heterocycles. The highest BCUT2D eigenvalue weighted by Gasteiger charge is 2.53. The number of aromatic nitrogens is 2. The number of benzene rings is 2. The van der Waals surface area contributed by atoms with Crippen LogP contribution in [0.15, 0.2) is 30.3 Å². The molecule has 0 bridgehead atoms. The predicted octanol–water partition coefficient (Wildman–Crippen LogP) is 5.19. The van der Waals surface area contributed by atoms with Crippen LogP contribution < -0.4 is 5.32 Å². The van der Waals surface area contributed by atoms with Gasteiger partial charge in [-0.2, -0.15) is 13.2 Å². The molecule has 0 aliphatic heterocycles. The molecule has 1 atom stereocenters. The van der Waals surface area contributed by atoms with E-state index >= 15 is 0 Å². The van der Waals surface area contributed by atoms with Gasteiger partial charge < -0.3 is 20.5 Å². The Hall–Kier alpha value is -3.14. The van der Waals surface area contributed by atoms with Crippen molar-refractivity contribution in [2.75, 3.05) is 5.32 Å². The van der Waals surface area contributed by atoms with Crippen LogP contribution in [0.25, 0.3) is 11.0 Å². The Balaban J connectivity index is 1.49. The van der Waals surface area contributed by atoms with E-state index in [4.69, 9.17) is 0 Å². The third-order valence-corrected chi connectivity index (χ3v) is 6.45. The van der Waals surface area contributed by atoms with E-state index in [0.717, 1.165) is 12.1 Å². The number of alkyl halides is 3. The number of aromatic hydroxyl groups is 1. The van der Waals surface area contributed by atoms with Gasteiger partial charge >= 0.3 is 6.18 Å². The number of nitrogens with zero attached hydrogens (tertiary/aromatic N) is 1. The molecule has 1 aliphatic rings. The maximum absolute atomic E-state index is 14.5. The largest absolute Gasteiger partial charge is 0.508 e. The summed E-state index contributed by atoms with van der Waals surface area (Å²) >= 11 is 0. The van der Waals surface area contributed by atoms with Crippen LogP contribution in [-0.4, -0.2) is 32.3 Å². The molecule has 1 saturated carbocycles. The fourth-order valence-electron chi connectivity index (χ4n) is 4.11. The van der Waals surface area contributed by atoms with Crippen LogP contribution in [0.4, 0.5) is 23.2 Å². The average molecular weight is 479 g/mol. The van der Waals surface area contributed by atoms with E-state index in [1.54, 1.807) is 19.1 Å². The zero-order chi connectivity index (χ0) is 24.9. The lowest BCUT2D eigenvalue weighted by Gasteiger charge is -2.23. The molecule has 1 heterocycles. The minimum atomic E-state index is -4.29. The van der Waals surface area contributed by atoms with E-state index in [0.29, 0.717) is 29.6 Å². The summed E-state index contributed by atoms with van der Waals surface area (Å²) in [5.74, 6) is -1.32. The molecule has 0 radical (unpaired) electrons. The first-order chi connectivity index (χ1) is 15.8. The van der Waals surface area contributed by atoms with Gasteiger partial charge in [-0.1, -0.05) is 6.92 Å². The lowest BCUT2D eigenvalue weighted by molar-refractivity contribution is -0.141. The van der Waals surface area contributed by atoms with Crippen LogP contribution in [-0.2, 0) is 22.2 Å². The molecule has 1 aromatic heterocycles. The lowest BCUT2D eigenvalue weighted by Crippen LogP contribution is -2.21. The Kier molecular flexibility index (Phi) is 5.83. The molecule has 2 aromatic carbocycles. The summed E-state index contributed by atoms with van der Waals surface area (Å²) in [7, 11) is 0. The van der Waals surface area contributed by atoms with Crippen molar-refractivity contribution < 1.29 is 32.6 Å². The van der Waals surface area contributed by atoms with Crippen LogP contribution in [0, 0.1) is 5.82 Å². The second kappa shape index (κ2) is 8.26. The molecule has 6 nitrogen and oxygen atoms in total. The van der Waals surface area contributed by atoms with Crippen LogP contribution in [0.2, 0.25) is 0 Å². The number of rotatable bonds is 7. The van der Waals surface area contributed by atoms with Gasteiger partial charge in [0.15, 0.2) is 0 Å². The van der Waals surface area contributed by atoms with E-state index < -0.39 is 35.3 Å². The van der Waals surface area contributed by atoms with E-state index in [2.05, 4.69) is 15.3 Å². The normalized spacial score (nSPS) is 16.9. The van der Waals surface area contributed by atoms with Crippen molar-refractivity contribution in [3.8, 4) is 5.75 Å². The lowest BCUT2D eigenvalue weighted by atomic mass is 9.91. The van der Waals surface area contributed by atoms with Gasteiger partial charge in [0.2, 0.25) is 5.91 Å². The monoisotopic (exact) mass is 479 g/mol. The molecular formula is C24H25F4N3O3. The number of carbonyl (C=O) groups excluding carboxylic acids is 1. The van der Waals surface area contributed by atoms with Crippen molar-refractivity contribution in [2.24, 2.45) is 0 Å². The van der Waals surface area contributed by atoms with Gasteiger partial charge in [0, 0.05) is 22.2 Å². The van der Waals surface area contributed by atoms with Gasteiger partial charge in [-0.25, -0.2) is 9.37 Å². The number of aliphatic hydroxyl groups is 1. The van der Waals surface area contributed by atoms with E-state index in [1.807, 2.05) is 0 Å². The molecule has 4 rings (SSSR count). The van der Waals surface area contributed by atoms with Crippen molar-refractivity contribution >= 4 is 22.6 Å². The standard InChI is InChI=1S/C24H25F4N3O3/c1-3-22(2,34)15-11-16(25)13(8-19(15)32)9-20(33)29-14-4-5-17-18(10-14)31-21(30-17)23(6-7-23)12-24(26,27)28/h4-5,8,10-11,32,34H,3,6-7,9,12H2,1-2H3,(H,29,33)(H,30,31). The van der Waals surface area contributed by atoms with Crippen molar-refractivity contribution in [3.63, 3.8) is 0 Å². The van der Waals surface area contributed by atoms with Gasteiger partial charge in [-0.3, -0.25) is 4.79 Å². The highest BCUT2D eigenvalue weighted by molar-refractivity contribution is 5.94. The molecule has 182 valence electrons. The SMILES string of the molecule is CCC(C)(O)c1cc(F)c(CC(=O)Nc2ccc3[nH]c(C4(CC(F)(F)F)CC4)nc3c2)cc1O. The topological polar surface area (TPSA) is 98.2 Å². The zero-order valence-electron chi connectivity index (χ0n) is 18.7. The van der Waals surface area contributed by atoms with Gasteiger partial charge in [-0.05, 0) is 56.5 Å². The molecule has 1 amide bonds. The number of amides is 1. The van der Waals surface area contributed by atoms with Crippen molar-refractivity contribution in [1.82, 2.24) is 9.97 Å². The molecule has 1 aliphatic carbocycles. The number of anilines is 1. The number of H-pyrrole nitrogens is 1.